The monoisotopic (exact) mass is 312 g/mol. The number of carbonyl (C=O) groups excluding carboxylic acids is 2. The fraction of sp³-hybridized carbons (Fsp3) is 0.571. The van der Waals surface area contributed by atoms with Crippen molar-refractivity contribution >= 4 is 23.4 Å². The third-order valence-electron chi connectivity index (χ3n) is 3.07. The van der Waals surface area contributed by atoms with Crippen molar-refractivity contribution in [2.45, 2.75) is 26.7 Å². The average molecular weight is 313 g/mol. The number of hydrogen-bond acceptors (Lipinski definition) is 4. The van der Waals surface area contributed by atoms with Gasteiger partial charge < -0.3 is 10.2 Å². The summed E-state index contributed by atoms with van der Waals surface area (Å²) >= 11 is 6.01. The molecule has 1 aromatic heterocycles. The molecular formula is C14H21ClN4O2. The Hall–Kier alpha value is -1.69. The molecule has 1 atom stereocenters. The highest BCUT2D eigenvalue weighted by Gasteiger charge is 2.22. The third kappa shape index (κ3) is 4.39. The predicted molar refractivity (Wildman–Crippen MR) is 81.3 cm³/mol. The van der Waals surface area contributed by atoms with Crippen molar-refractivity contribution in [3.8, 4) is 0 Å². The van der Waals surface area contributed by atoms with Crippen LogP contribution in [0.15, 0.2) is 6.20 Å². The lowest BCUT2D eigenvalue weighted by Crippen LogP contribution is -2.37. The van der Waals surface area contributed by atoms with Crippen LogP contribution in [0.2, 0.25) is 5.02 Å². The normalized spacial score (nSPS) is 12.1. The van der Waals surface area contributed by atoms with E-state index in [1.807, 2.05) is 13.8 Å². The molecule has 1 rings (SSSR count). The van der Waals surface area contributed by atoms with Crippen LogP contribution in [0.3, 0.4) is 0 Å². The van der Waals surface area contributed by atoms with Gasteiger partial charge in [0.25, 0.3) is 5.91 Å². The van der Waals surface area contributed by atoms with Crippen LogP contribution in [0.1, 0.15) is 43.0 Å². The molecule has 0 radical (unpaired) electrons. The molecular weight excluding hydrogens is 292 g/mol. The Morgan fingerprint density at radius 1 is 1.38 bits per heavy atom. The summed E-state index contributed by atoms with van der Waals surface area (Å²) in [5.41, 5.74) is 0.168. The summed E-state index contributed by atoms with van der Waals surface area (Å²) in [6.07, 6.45) is 1.44. The highest BCUT2D eigenvalue weighted by Crippen LogP contribution is 2.18. The molecule has 1 heterocycles. The Morgan fingerprint density at radius 2 is 2.00 bits per heavy atom. The first-order chi connectivity index (χ1) is 9.77. The molecule has 1 N–H and O–H groups in total. The summed E-state index contributed by atoms with van der Waals surface area (Å²) in [4.78, 5) is 33.7. The van der Waals surface area contributed by atoms with E-state index in [4.69, 9.17) is 11.6 Å². The molecule has 116 valence electrons. The van der Waals surface area contributed by atoms with E-state index < -0.39 is 0 Å². The SMILES string of the molecule is CNC(=O)C(C)CN(C)C(=O)c1nc(C(C)C)ncc1Cl. The van der Waals surface area contributed by atoms with Crippen LogP contribution in [-0.4, -0.2) is 47.3 Å². The van der Waals surface area contributed by atoms with Gasteiger partial charge in [-0.05, 0) is 0 Å². The van der Waals surface area contributed by atoms with E-state index in [0.717, 1.165) is 0 Å². The maximum Gasteiger partial charge on any atom is 0.273 e. The molecule has 0 aromatic carbocycles. The molecule has 21 heavy (non-hydrogen) atoms. The van der Waals surface area contributed by atoms with Gasteiger partial charge >= 0.3 is 0 Å². The summed E-state index contributed by atoms with van der Waals surface area (Å²) < 4.78 is 0. The molecule has 0 spiro atoms. The third-order valence-corrected chi connectivity index (χ3v) is 3.35. The lowest BCUT2D eigenvalue weighted by atomic mass is 10.1. The van der Waals surface area contributed by atoms with Crippen molar-refractivity contribution in [3.63, 3.8) is 0 Å². The molecule has 1 aromatic rings. The Morgan fingerprint density at radius 3 is 2.52 bits per heavy atom. The van der Waals surface area contributed by atoms with Gasteiger partial charge in [0.1, 0.15) is 5.82 Å². The zero-order valence-electron chi connectivity index (χ0n) is 13.0. The molecule has 0 bridgehead atoms. The van der Waals surface area contributed by atoms with Gasteiger partial charge in [0.05, 0.1) is 17.1 Å². The zero-order valence-corrected chi connectivity index (χ0v) is 13.7. The second-order valence-corrected chi connectivity index (χ2v) is 5.69. The highest BCUT2D eigenvalue weighted by atomic mass is 35.5. The maximum atomic E-state index is 12.4. The van der Waals surface area contributed by atoms with Gasteiger partial charge in [-0.25, -0.2) is 9.97 Å². The highest BCUT2D eigenvalue weighted by molar-refractivity contribution is 6.33. The molecule has 0 saturated heterocycles. The van der Waals surface area contributed by atoms with E-state index in [1.54, 1.807) is 21.0 Å². The van der Waals surface area contributed by atoms with E-state index in [0.29, 0.717) is 5.82 Å². The van der Waals surface area contributed by atoms with Crippen molar-refractivity contribution in [1.82, 2.24) is 20.2 Å². The number of amides is 2. The van der Waals surface area contributed by atoms with Crippen molar-refractivity contribution in [2.75, 3.05) is 20.6 Å². The molecule has 1 unspecified atom stereocenters. The molecule has 6 nitrogen and oxygen atoms in total. The molecule has 0 aliphatic heterocycles. The van der Waals surface area contributed by atoms with E-state index in [-0.39, 0.29) is 40.9 Å². The minimum Gasteiger partial charge on any atom is -0.359 e. The van der Waals surface area contributed by atoms with Crippen molar-refractivity contribution in [2.24, 2.45) is 5.92 Å². The number of nitrogens with one attached hydrogen (secondary N) is 1. The van der Waals surface area contributed by atoms with Gasteiger partial charge in [0.15, 0.2) is 5.69 Å². The average Bonchev–Trinajstić information content (AvgIpc) is 2.45. The molecule has 0 saturated carbocycles. The second-order valence-electron chi connectivity index (χ2n) is 5.28. The summed E-state index contributed by atoms with van der Waals surface area (Å²) in [6.45, 7) is 5.92. The fourth-order valence-corrected chi connectivity index (χ4v) is 1.98. The lowest BCUT2D eigenvalue weighted by Gasteiger charge is -2.21. The van der Waals surface area contributed by atoms with E-state index >= 15 is 0 Å². The summed E-state index contributed by atoms with van der Waals surface area (Å²) in [6, 6.07) is 0. The van der Waals surface area contributed by atoms with Gasteiger partial charge in [0.2, 0.25) is 5.91 Å². The van der Waals surface area contributed by atoms with Crippen LogP contribution >= 0.6 is 11.6 Å². The number of hydrogen-bond donors (Lipinski definition) is 1. The van der Waals surface area contributed by atoms with E-state index in [1.165, 1.54) is 11.1 Å². The summed E-state index contributed by atoms with van der Waals surface area (Å²) in [5.74, 6) is -0.0834. The standard InChI is InChI=1S/C14H21ClN4O2/c1-8(2)12-17-6-10(15)11(18-12)14(21)19(5)7-9(3)13(20)16-4/h6,8-9H,7H2,1-5H3,(H,16,20). The molecule has 0 aliphatic rings. The van der Waals surface area contributed by atoms with Crippen LogP contribution < -0.4 is 5.32 Å². The van der Waals surface area contributed by atoms with Crippen molar-refractivity contribution in [1.29, 1.82) is 0 Å². The first kappa shape index (κ1) is 17.4. The summed E-state index contributed by atoms with van der Waals surface area (Å²) in [5, 5.41) is 2.77. The molecule has 7 heteroatoms. The second kappa shape index (κ2) is 7.36. The number of carbonyl (C=O) groups is 2. The Labute approximate surface area is 129 Å². The smallest absolute Gasteiger partial charge is 0.273 e. The minimum absolute atomic E-state index is 0.101. The van der Waals surface area contributed by atoms with Crippen molar-refractivity contribution in [3.05, 3.63) is 22.7 Å². The van der Waals surface area contributed by atoms with Crippen LogP contribution in [0.25, 0.3) is 0 Å². The van der Waals surface area contributed by atoms with Gasteiger partial charge in [0, 0.05) is 26.6 Å². The fourth-order valence-electron chi connectivity index (χ4n) is 1.81. The van der Waals surface area contributed by atoms with Crippen LogP contribution in [0, 0.1) is 5.92 Å². The van der Waals surface area contributed by atoms with Crippen LogP contribution in [-0.2, 0) is 4.79 Å². The Bertz CT molecular complexity index is 534. The van der Waals surface area contributed by atoms with Gasteiger partial charge in [-0.3, -0.25) is 9.59 Å². The number of rotatable bonds is 5. The zero-order chi connectivity index (χ0) is 16.2. The van der Waals surface area contributed by atoms with E-state index in [2.05, 4.69) is 15.3 Å². The van der Waals surface area contributed by atoms with Gasteiger partial charge in [-0.15, -0.1) is 0 Å². The van der Waals surface area contributed by atoms with Crippen LogP contribution in [0.4, 0.5) is 0 Å². The topological polar surface area (TPSA) is 75.2 Å². The Kier molecular flexibility index (Phi) is 6.08. The number of aromatic nitrogens is 2. The molecule has 0 aliphatic carbocycles. The minimum atomic E-state index is -0.319. The maximum absolute atomic E-state index is 12.4. The molecule has 2 amide bonds. The largest absolute Gasteiger partial charge is 0.359 e. The number of nitrogens with zero attached hydrogens (tertiary/aromatic N) is 3. The lowest BCUT2D eigenvalue weighted by molar-refractivity contribution is -0.124. The first-order valence-corrected chi connectivity index (χ1v) is 7.15. The molecule has 0 fully saturated rings. The van der Waals surface area contributed by atoms with Crippen molar-refractivity contribution < 1.29 is 9.59 Å². The predicted octanol–water partition coefficient (Wildman–Crippen LogP) is 1.71. The van der Waals surface area contributed by atoms with Gasteiger partial charge in [-0.1, -0.05) is 32.4 Å². The summed E-state index contributed by atoms with van der Waals surface area (Å²) in [7, 11) is 3.19. The first-order valence-electron chi connectivity index (χ1n) is 6.77. The van der Waals surface area contributed by atoms with Gasteiger partial charge in [-0.2, -0.15) is 0 Å². The van der Waals surface area contributed by atoms with E-state index in [9.17, 15) is 9.59 Å². The Balaban J connectivity index is 2.92. The quantitative estimate of drug-likeness (QED) is 0.898. The van der Waals surface area contributed by atoms with Crippen LogP contribution in [0.5, 0.6) is 0 Å². The number of halogens is 1.